The molecule has 0 saturated heterocycles. The van der Waals surface area contributed by atoms with Gasteiger partial charge in [0.15, 0.2) is 0 Å². The van der Waals surface area contributed by atoms with E-state index in [1.54, 1.807) is 9.80 Å². The summed E-state index contributed by atoms with van der Waals surface area (Å²) < 4.78 is 0. The average molecular weight is 282 g/mol. The van der Waals surface area contributed by atoms with Gasteiger partial charge in [-0.3, -0.25) is 0 Å². The van der Waals surface area contributed by atoms with Crippen LogP contribution in [0.1, 0.15) is 16.7 Å². The Morgan fingerprint density at radius 3 is 1.00 bits per heavy atom. The molecule has 0 spiro atoms. The second-order valence-corrected chi connectivity index (χ2v) is 5.19. The zero-order valence-electron chi connectivity index (χ0n) is 13.2. The van der Waals surface area contributed by atoms with Crippen LogP contribution in [0.3, 0.4) is 0 Å². The molecule has 6 heteroatoms. The zero-order valence-corrected chi connectivity index (χ0v) is 13.2. The minimum absolute atomic E-state index is 0.123. The first-order valence-electron chi connectivity index (χ1n) is 6.27. The van der Waals surface area contributed by atoms with Crippen molar-refractivity contribution in [2.75, 3.05) is 57.0 Å². The molecule has 6 nitrogen and oxygen atoms in total. The first-order valence-corrected chi connectivity index (χ1v) is 6.27. The highest BCUT2D eigenvalue weighted by Gasteiger charge is 2.27. The van der Waals surface area contributed by atoms with Crippen molar-refractivity contribution in [3.63, 3.8) is 0 Å². The fourth-order valence-corrected chi connectivity index (χ4v) is 2.33. The van der Waals surface area contributed by atoms with Crippen LogP contribution in [-0.2, 0) is 0 Å². The molecule has 0 radical (unpaired) electrons. The Bertz CT molecular complexity index is 633. The highest BCUT2D eigenvalue weighted by molar-refractivity contribution is 5.94. The summed E-state index contributed by atoms with van der Waals surface area (Å²) in [5, 5.41) is 28.3. The van der Waals surface area contributed by atoms with Gasteiger partial charge in [0.2, 0.25) is 0 Å². The summed E-state index contributed by atoms with van der Waals surface area (Å²) in [6, 6.07) is 6.15. The van der Waals surface area contributed by atoms with Crippen molar-refractivity contribution in [1.29, 1.82) is 15.8 Å². The Morgan fingerprint density at radius 2 is 0.810 bits per heavy atom. The molecule has 0 bridgehead atoms. The normalized spacial score (nSPS) is 9.29. The maximum Gasteiger partial charge on any atom is 0.103 e. The molecular formula is C15H18N6. The standard InChI is InChI=1S/C15H18N6/c1-19(2)13-11(8-17)10(7-16)12(9-18)14(20(3)4)15(13)21(5)6/h1-6H3. The molecule has 1 aromatic rings. The second kappa shape index (κ2) is 6.03. The largest absolute Gasteiger partial charge is 0.375 e. The van der Waals surface area contributed by atoms with Crippen molar-refractivity contribution in [1.82, 2.24) is 0 Å². The smallest absolute Gasteiger partial charge is 0.103 e. The summed E-state index contributed by atoms with van der Waals surface area (Å²) >= 11 is 0. The van der Waals surface area contributed by atoms with E-state index >= 15 is 0 Å². The predicted octanol–water partition coefficient (Wildman–Crippen LogP) is 1.50. The van der Waals surface area contributed by atoms with Gasteiger partial charge < -0.3 is 14.7 Å². The van der Waals surface area contributed by atoms with Gasteiger partial charge in [-0.25, -0.2) is 0 Å². The van der Waals surface area contributed by atoms with Crippen molar-refractivity contribution >= 4 is 17.1 Å². The Morgan fingerprint density at radius 1 is 0.524 bits per heavy atom. The van der Waals surface area contributed by atoms with Crippen LogP contribution in [0.5, 0.6) is 0 Å². The van der Waals surface area contributed by atoms with Gasteiger partial charge in [-0.05, 0) is 0 Å². The number of nitriles is 3. The van der Waals surface area contributed by atoms with Crippen molar-refractivity contribution < 1.29 is 0 Å². The van der Waals surface area contributed by atoms with Crippen LogP contribution in [0.4, 0.5) is 17.1 Å². The monoisotopic (exact) mass is 282 g/mol. The molecule has 0 aliphatic rings. The van der Waals surface area contributed by atoms with Gasteiger partial charge in [-0.15, -0.1) is 0 Å². The van der Waals surface area contributed by atoms with E-state index in [2.05, 4.69) is 12.1 Å². The van der Waals surface area contributed by atoms with Crippen LogP contribution in [0.2, 0.25) is 0 Å². The lowest BCUT2D eigenvalue weighted by atomic mass is 9.95. The van der Waals surface area contributed by atoms with Gasteiger partial charge in [0.05, 0.1) is 33.8 Å². The van der Waals surface area contributed by atoms with E-state index in [9.17, 15) is 15.8 Å². The molecule has 0 aliphatic carbocycles. The van der Waals surface area contributed by atoms with Gasteiger partial charge in [0, 0.05) is 42.3 Å². The van der Waals surface area contributed by atoms with Gasteiger partial charge in [-0.1, -0.05) is 0 Å². The molecule has 0 atom stereocenters. The van der Waals surface area contributed by atoms with Crippen LogP contribution < -0.4 is 14.7 Å². The summed E-state index contributed by atoms with van der Waals surface area (Å²) in [6.07, 6.45) is 0. The minimum Gasteiger partial charge on any atom is -0.375 e. The first kappa shape index (κ1) is 16.1. The highest BCUT2D eigenvalue weighted by Crippen LogP contribution is 2.43. The van der Waals surface area contributed by atoms with Gasteiger partial charge in [0.1, 0.15) is 18.2 Å². The molecule has 0 amide bonds. The van der Waals surface area contributed by atoms with Crippen LogP contribution >= 0.6 is 0 Å². The molecule has 0 fully saturated rings. The van der Waals surface area contributed by atoms with Gasteiger partial charge in [0.25, 0.3) is 0 Å². The highest BCUT2D eigenvalue weighted by atomic mass is 15.2. The summed E-state index contributed by atoms with van der Waals surface area (Å²) in [7, 11) is 11.0. The zero-order chi connectivity index (χ0) is 16.3. The van der Waals surface area contributed by atoms with Crippen LogP contribution in [0, 0.1) is 34.0 Å². The van der Waals surface area contributed by atoms with Crippen LogP contribution in [-0.4, -0.2) is 42.3 Å². The SMILES string of the molecule is CN(C)c1c(C#N)c(C#N)c(C#N)c(N(C)C)c1N(C)C. The topological polar surface area (TPSA) is 81.1 Å². The molecule has 0 saturated carbocycles. The van der Waals surface area contributed by atoms with Gasteiger partial charge >= 0.3 is 0 Å². The third-order valence-electron chi connectivity index (χ3n) is 3.10. The molecule has 108 valence electrons. The lowest BCUT2D eigenvalue weighted by Gasteiger charge is -2.30. The Hall–Kier alpha value is -2.91. The molecule has 0 unspecified atom stereocenters. The fourth-order valence-electron chi connectivity index (χ4n) is 2.33. The molecule has 0 N–H and O–H groups in total. The minimum atomic E-state index is 0.123. The number of benzene rings is 1. The summed E-state index contributed by atoms with van der Waals surface area (Å²) in [5.74, 6) is 0. The lowest BCUT2D eigenvalue weighted by molar-refractivity contribution is 1.04. The third-order valence-corrected chi connectivity index (χ3v) is 3.10. The fraction of sp³-hybridized carbons (Fsp3) is 0.400. The molecular weight excluding hydrogens is 264 g/mol. The van der Waals surface area contributed by atoms with Crippen LogP contribution in [0.15, 0.2) is 0 Å². The molecule has 21 heavy (non-hydrogen) atoms. The van der Waals surface area contributed by atoms with E-state index in [-0.39, 0.29) is 16.7 Å². The number of hydrogen-bond acceptors (Lipinski definition) is 6. The maximum atomic E-state index is 9.47. The molecule has 0 aliphatic heterocycles. The average Bonchev–Trinajstić information content (AvgIpc) is 2.42. The first-order chi connectivity index (χ1) is 9.81. The second-order valence-electron chi connectivity index (χ2n) is 5.19. The quantitative estimate of drug-likeness (QED) is 0.835. The Labute approximate surface area is 125 Å². The third kappa shape index (κ3) is 2.55. The Balaban J connectivity index is 4.17. The summed E-state index contributed by atoms with van der Waals surface area (Å²) in [5.41, 5.74) is 2.61. The van der Waals surface area contributed by atoms with E-state index in [1.165, 1.54) is 0 Å². The summed E-state index contributed by atoms with van der Waals surface area (Å²) in [4.78, 5) is 5.44. The van der Waals surface area contributed by atoms with Crippen molar-refractivity contribution in [3.8, 4) is 18.2 Å². The van der Waals surface area contributed by atoms with Crippen molar-refractivity contribution in [2.45, 2.75) is 0 Å². The predicted molar refractivity (Wildman–Crippen MR) is 83.6 cm³/mol. The maximum absolute atomic E-state index is 9.47. The molecule has 0 heterocycles. The number of anilines is 3. The summed E-state index contributed by atoms with van der Waals surface area (Å²) in [6.45, 7) is 0. The molecule has 1 aromatic carbocycles. The Kier molecular flexibility index (Phi) is 4.64. The molecule has 1 rings (SSSR count). The van der Waals surface area contributed by atoms with Crippen LogP contribution in [0.25, 0.3) is 0 Å². The van der Waals surface area contributed by atoms with Crippen molar-refractivity contribution in [3.05, 3.63) is 16.7 Å². The van der Waals surface area contributed by atoms with Gasteiger partial charge in [-0.2, -0.15) is 15.8 Å². The number of hydrogen-bond donors (Lipinski definition) is 0. The van der Waals surface area contributed by atoms with E-state index < -0.39 is 0 Å². The molecule has 0 aromatic heterocycles. The number of nitrogens with zero attached hydrogens (tertiary/aromatic N) is 6. The van der Waals surface area contributed by atoms with E-state index in [0.717, 1.165) is 5.69 Å². The van der Waals surface area contributed by atoms with E-state index in [4.69, 9.17) is 0 Å². The van der Waals surface area contributed by atoms with E-state index in [0.29, 0.717) is 11.4 Å². The van der Waals surface area contributed by atoms with Crippen molar-refractivity contribution in [2.24, 2.45) is 0 Å². The number of rotatable bonds is 3. The van der Waals surface area contributed by atoms with E-state index in [1.807, 2.05) is 53.3 Å². The lowest BCUT2D eigenvalue weighted by Crippen LogP contribution is -2.24.